The quantitative estimate of drug-likeness (QED) is 0.695. The third-order valence-electron chi connectivity index (χ3n) is 1.07. The average Bonchev–Trinajstić information content (AvgIpc) is 2.13. The molecule has 0 atom stereocenters. The van der Waals surface area contributed by atoms with E-state index in [4.69, 9.17) is 0 Å². The van der Waals surface area contributed by atoms with Crippen molar-refractivity contribution < 1.29 is 8.78 Å². The molecule has 1 aromatic heterocycles. The van der Waals surface area contributed by atoms with Gasteiger partial charge in [0, 0.05) is 7.05 Å². The van der Waals surface area contributed by atoms with Gasteiger partial charge < -0.3 is 0 Å². The second kappa shape index (κ2) is 2.65. The van der Waals surface area contributed by atoms with Crippen LogP contribution in [-0.2, 0) is 7.05 Å². The molecule has 0 aliphatic heterocycles. The van der Waals surface area contributed by atoms with Crippen LogP contribution in [0.4, 0.5) is 8.78 Å². The highest BCUT2D eigenvalue weighted by Gasteiger charge is 2.11. The summed E-state index contributed by atoms with van der Waals surface area (Å²) in [5.74, 6) is 0. The second-order valence-corrected chi connectivity index (χ2v) is 2.63. The maximum atomic E-state index is 11.9. The molecule has 0 saturated carbocycles. The highest BCUT2D eigenvalue weighted by molar-refractivity contribution is 9.10. The zero-order valence-corrected chi connectivity index (χ0v) is 6.77. The Kier molecular flexibility index (Phi) is 2.03. The third-order valence-corrected chi connectivity index (χ3v) is 1.81. The standard InChI is InChI=1S/C5H5BrF2N2/c1-10-4(6)2-3(9-10)5(7)8/h2,5H,1H3. The van der Waals surface area contributed by atoms with Gasteiger partial charge in [-0.1, -0.05) is 0 Å². The molecule has 0 saturated heterocycles. The fourth-order valence-corrected chi connectivity index (χ4v) is 0.886. The first-order valence-corrected chi connectivity index (χ1v) is 3.38. The maximum absolute atomic E-state index is 11.9. The van der Waals surface area contributed by atoms with E-state index in [0.29, 0.717) is 4.60 Å². The van der Waals surface area contributed by atoms with Gasteiger partial charge >= 0.3 is 0 Å². The van der Waals surface area contributed by atoms with E-state index in [2.05, 4.69) is 21.0 Å². The van der Waals surface area contributed by atoms with Gasteiger partial charge in [0.05, 0.1) is 0 Å². The van der Waals surface area contributed by atoms with Gasteiger partial charge in [0.2, 0.25) is 0 Å². The summed E-state index contributed by atoms with van der Waals surface area (Å²) in [6, 6.07) is 1.30. The molecule has 0 bridgehead atoms. The highest BCUT2D eigenvalue weighted by atomic mass is 79.9. The van der Waals surface area contributed by atoms with Gasteiger partial charge in [0.25, 0.3) is 6.43 Å². The number of rotatable bonds is 1. The molecule has 0 aliphatic carbocycles. The molecule has 0 aromatic carbocycles. The molecule has 0 amide bonds. The summed E-state index contributed by atoms with van der Waals surface area (Å²) in [5.41, 5.74) is -0.200. The molecule has 0 spiro atoms. The predicted molar refractivity (Wildman–Crippen MR) is 35.9 cm³/mol. The van der Waals surface area contributed by atoms with Crippen LogP contribution < -0.4 is 0 Å². The van der Waals surface area contributed by atoms with E-state index in [-0.39, 0.29) is 5.69 Å². The Labute approximate surface area is 65.0 Å². The van der Waals surface area contributed by atoms with Crippen molar-refractivity contribution in [3.8, 4) is 0 Å². The molecular weight excluding hydrogens is 206 g/mol. The van der Waals surface area contributed by atoms with Crippen molar-refractivity contribution in [2.75, 3.05) is 0 Å². The summed E-state index contributed by atoms with van der Waals surface area (Å²) in [7, 11) is 1.59. The Hall–Kier alpha value is -0.450. The van der Waals surface area contributed by atoms with Crippen LogP contribution in [-0.4, -0.2) is 9.78 Å². The van der Waals surface area contributed by atoms with Crippen LogP contribution in [0.3, 0.4) is 0 Å². The van der Waals surface area contributed by atoms with E-state index in [0.717, 1.165) is 0 Å². The number of hydrogen-bond donors (Lipinski definition) is 0. The van der Waals surface area contributed by atoms with Crippen molar-refractivity contribution in [2.24, 2.45) is 7.05 Å². The van der Waals surface area contributed by atoms with Crippen molar-refractivity contribution in [3.63, 3.8) is 0 Å². The summed E-state index contributed by atoms with van der Waals surface area (Å²) in [6.07, 6.45) is -2.49. The van der Waals surface area contributed by atoms with Gasteiger partial charge in [-0.3, -0.25) is 4.68 Å². The van der Waals surface area contributed by atoms with Crippen LogP contribution in [0.1, 0.15) is 12.1 Å². The molecule has 0 fully saturated rings. The van der Waals surface area contributed by atoms with Gasteiger partial charge in [-0.05, 0) is 22.0 Å². The lowest BCUT2D eigenvalue weighted by Gasteiger charge is -1.89. The predicted octanol–water partition coefficient (Wildman–Crippen LogP) is 2.12. The van der Waals surface area contributed by atoms with Crippen LogP contribution in [0, 0.1) is 0 Å². The fraction of sp³-hybridized carbons (Fsp3) is 0.400. The minimum absolute atomic E-state index is 0.200. The summed E-state index contributed by atoms with van der Waals surface area (Å²) in [4.78, 5) is 0. The first-order valence-electron chi connectivity index (χ1n) is 2.59. The lowest BCUT2D eigenvalue weighted by atomic mass is 10.5. The van der Waals surface area contributed by atoms with E-state index in [9.17, 15) is 8.78 Å². The van der Waals surface area contributed by atoms with Crippen LogP contribution in [0.5, 0.6) is 0 Å². The van der Waals surface area contributed by atoms with Crippen LogP contribution in [0.25, 0.3) is 0 Å². The summed E-state index contributed by atoms with van der Waals surface area (Å²) in [5, 5.41) is 3.53. The van der Waals surface area contributed by atoms with Crippen molar-refractivity contribution in [3.05, 3.63) is 16.4 Å². The SMILES string of the molecule is Cn1nc(C(F)F)cc1Br. The van der Waals surface area contributed by atoms with Crippen LogP contribution >= 0.6 is 15.9 Å². The number of aryl methyl sites for hydroxylation is 1. The smallest absolute Gasteiger partial charge is 0.261 e. The Morgan fingerprint density at radius 2 is 2.30 bits per heavy atom. The number of aromatic nitrogens is 2. The van der Waals surface area contributed by atoms with Crippen molar-refractivity contribution >= 4 is 15.9 Å². The van der Waals surface area contributed by atoms with Crippen LogP contribution in [0.15, 0.2) is 10.7 Å². The monoisotopic (exact) mass is 210 g/mol. The molecule has 0 radical (unpaired) electrons. The lowest BCUT2D eigenvalue weighted by molar-refractivity contribution is 0.145. The molecule has 1 aromatic rings. The largest absolute Gasteiger partial charge is 0.282 e. The Bertz CT molecular complexity index is 214. The fourth-order valence-electron chi connectivity index (χ4n) is 0.572. The lowest BCUT2D eigenvalue weighted by Crippen LogP contribution is -1.91. The molecule has 1 heterocycles. The van der Waals surface area contributed by atoms with Gasteiger partial charge in [0.15, 0.2) is 0 Å². The Balaban J connectivity index is 2.98. The molecular formula is C5H5BrF2N2. The number of alkyl halides is 2. The van der Waals surface area contributed by atoms with E-state index < -0.39 is 6.43 Å². The van der Waals surface area contributed by atoms with Gasteiger partial charge in [-0.25, -0.2) is 8.78 Å². The van der Waals surface area contributed by atoms with Crippen LogP contribution in [0.2, 0.25) is 0 Å². The molecule has 1 rings (SSSR count). The molecule has 56 valence electrons. The minimum atomic E-state index is -2.49. The zero-order valence-electron chi connectivity index (χ0n) is 5.18. The molecule has 10 heavy (non-hydrogen) atoms. The molecule has 2 nitrogen and oxygen atoms in total. The number of nitrogens with zero attached hydrogens (tertiary/aromatic N) is 2. The second-order valence-electron chi connectivity index (χ2n) is 1.82. The molecule has 0 N–H and O–H groups in total. The van der Waals surface area contributed by atoms with Crippen molar-refractivity contribution in [1.82, 2.24) is 9.78 Å². The average molecular weight is 211 g/mol. The molecule has 0 aliphatic rings. The van der Waals surface area contributed by atoms with Crippen molar-refractivity contribution in [1.29, 1.82) is 0 Å². The Morgan fingerprint density at radius 3 is 2.50 bits per heavy atom. The van der Waals surface area contributed by atoms with Gasteiger partial charge in [0.1, 0.15) is 10.3 Å². The summed E-state index contributed by atoms with van der Waals surface area (Å²) in [6.45, 7) is 0. The normalized spacial score (nSPS) is 10.9. The number of halogens is 3. The first kappa shape index (κ1) is 7.65. The van der Waals surface area contributed by atoms with E-state index >= 15 is 0 Å². The van der Waals surface area contributed by atoms with Crippen molar-refractivity contribution in [2.45, 2.75) is 6.43 Å². The summed E-state index contributed by atoms with van der Waals surface area (Å²) >= 11 is 3.05. The Morgan fingerprint density at radius 1 is 1.70 bits per heavy atom. The maximum Gasteiger partial charge on any atom is 0.282 e. The zero-order chi connectivity index (χ0) is 7.72. The van der Waals surface area contributed by atoms with Gasteiger partial charge in [-0.15, -0.1) is 0 Å². The molecule has 0 unspecified atom stereocenters. The highest BCUT2D eigenvalue weighted by Crippen LogP contribution is 2.20. The number of hydrogen-bond acceptors (Lipinski definition) is 1. The first-order chi connectivity index (χ1) is 4.61. The topological polar surface area (TPSA) is 17.8 Å². The summed E-state index contributed by atoms with van der Waals surface area (Å²) < 4.78 is 25.6. The molecule has 5 heteroatoms. The van der Waals surface area contributed by atoms with Gasteiger partial charge in [-0.2, -0.15) is 5.10 Å². The van der Waals surface area contributed by atoms with E-state index in [1.807, 2.05) is 0 Å². The minimum Gasteiger partial charge on any atom is -0.261 e. The van der Waals surface area contributed by atoms with E-state index in [1.165, 1.54) is 10.7 Å². The third kappa shape index (κ3) is 1.34. The van der Waals surface area contributed by atoms with E-state index in [1.54, 1.807) is 7.05 Å².